The van der Waals surface area contributed by atoms with E-state index in [0.717, 1.165) is 10.9 Å². The van der Waals surface area contributed by atoms with E-state index in [1.54, 1.807) is 16.8 Å². The molecule has 2 heterocycles. The number of hydrogen-bond acceptors (Lipinski definition) is 2. The number of fused-ring (bicyclic) bond motifs is 1. The monoisotopic (exact) mass is 347 g/mol. The topological polar surface area (TPSA) is 45.5 Å². The molecule has 0 bridgehead atoms. The molecule has 1 fully saturated rings. The van der Waals surface area contributed by atoms with Crippen molar-refractivity contribution < 1.29 is 9.59 Å². The standard InChI is InChI=1S/C21H21N3O2/c1-22-11-12-23(15-20(22)25)21(26)18-14-24(13-16-7-3-2-4-8-16)19-10-6-5-9-17(18)19/h2-10,14H,11-13,15H2,1H3. The van der Waals surface area contributed by atoms with Crippen LogP contribution in [0.5, 0.6) is 0 Å². The molecule has 4 rings (SSSR count). The lowest BCUT2D eigenvalue weighted by atomic mass is 10.1. The average Bonchev–Trinajstić information content (AvgIpc) is 3.03. The molecule has 26 heavy (non-hydrogen) atoms. The lowest BCUT2D eigenvalue weighted by molar-refractivity contribution is -0.133. The van der Waals surface area contributed by atoms with Gasteiger partial charge in [-0.3, -0.25) is 9.59 Å². The Morgan fingerprint density at radius 2 is 1.73 bits per heavy atom. The van der Waals surface area contributed by atoms with E-state index >= 15 is 0 Å². The van der Waals surface area contributed by atoms with Crippen molar-refractivity contribution in [3.63, 3.8) is 0 Å². The van der Waals surface area contributed by atoms with E-state index in [1.165, 1.54) is 5.56 Å². The number of aromatic nitrogens is 1. The van der Waals surface area contributed by atoms with Gasteiger partial charge < -0.3 is 14.4 Å². The summed E-state index contributed by atoms with van der Waals surface area (Å²) < 4.78 is 2.11. The van der Waals surface area contributed by atoms with Crippen molar-refractivity contribution in [2.75, 3.05) is 26.7 Å². The van der Waals surface area contributed by atoms with Gasteiger partial charge in [-0.05, 0) is 11.6 Å². The van der Waals surface area contributed by atoms with Gasteiger partial charge in [-0.15, -0.1) is 0 Å². The van der Waals surface area contributed by atoms with E-state index in [2.05, 4.69) is 16.7 Å². The summed E-state index contributed by atoms with van der Waals surface area (Å²) in [5.41, 5.74) is 2.87. The average molecular weight is 347 g/mol. The van der Waals surface area contributed by atoms with Crippen LogP contribution >= 0.6 is 0 Å². The van der Waals surface area contributed by atoms with Crippen LogP contribution in [0.1, 0.15) is 15.9 Å². The van der Waals surface area contributed by atoms with Crippen LogP contribution < -0.4 is 0 Å². The number of hydrogen-bond donors (Lipinski definition) is 0. The third kappa shape index (κ3) is 2.96. The van der Waals surface area contributed by atoms with Crippen LogP contribution in [0.3, 0.4) is 0 Å². The van der Waals surface area contributed by atoms with Crippen molar-refractivity contribution in [2.24, 2.45) is 0 Å². The van der Waals surface area contributed by atoms with Gasteiger partial charge in [-0.25, -0.2) is 0 Å². The molecule has 0 unspecified atom stereocenters. The van der Waals surface area contributed by atoms with E-state index in [0.29, 0.717) is 25.2 Å². The van der Waals surface area contributed by atoms with Crippen molar-refractivity contribution in [2.45, 2.75) is 6.54 Å². The van der Waals surface area contributed by atoms with Gasteiger partial charge in [-0.2, -0.15) is 0 Å². The minimum absolute atomic E-state index is 0.0161. The van der Waals surface area contributed by atoms with Crippen LogP contribution in [0.2, 0.25) is 0 Å². The van der Waals surface area contributed by atoms with Gasteiger partial charge in [-0.1, -0.05) is 48.5 Å². The molecule has 0 saturated carbocycles. The second-order valence-corrected chi connectivity index (χ2v) is 6.72. The number of para-hydroxylation sites is 1. The Bertz CT molecular complexity index is 962. The van der Waals surface area contributed by atoms with Crippen molar-refractivity contribution in [3.8, 4) is 0 Å². The highest BCUT2D eigenvalue weighted by Crippen LogP contribution is 2.24. The number of rotatable bonds is 3. The normalized spacial score (nSPS) is 14.9. The van der Waals surface area contributed by atoms with Crippen LogP contribution in [0, 0.1) is 0 Å². The summed E-state index contributed by atoms with van der Waals surface area (Å²) in [4.78, 5) is 28.4. The Hall–Kier alpha value is -3.08. The predicted octanol–water partition coefficient (Wildman–Crippen LogP) is 2.60. The number of amides is 2. The first-order valence-corrected chi connectivity index (χ1v) is 8.78. The van der Waals surface area contributed by atoms with Crippen molar-refractivity contribution in [1.82, 2.24) is 14.4 Å². The molecule has 3 aromatic rings. The van der Waals surface area contributed by atoms with Gasteiger partial charge in [0.1, 0.15) is 6.54 Å². The van der Waals surface area contributed by atoms with E-state index in [9.17, 15) is 9.59 Å². The summed E-state index contributed by atoms with van der Waals surface area (Å²) in [6.45, 7) is 2.00. The summed E-state index contributed by atoms with van der Waals surface area (Å²) in [6.07, 6.45) is 1.92. The molecule has 1 saturated heterocycles. The molecule has 0 spiro atoms. The molecule has 2 amide bonds. The number of nitrogens with zero attached hydrogens (tertiary/aromatic N) is 3. The third-order valence-corrected chi connectivity index (χ3v) is 4.96. The molecule has 1 aliphatic heterocycles. The first kappa shape index (κ1) is 16.4. The van der Waals surface area contributed by atoms with E-state index < -0.39 is 0 Å². The van der Waals surface area contributed by atoms with Crippen LogP contribution in [-0.2, 0) is 11.3 Å². The molecule has 132 valence electrons. The number of benzene rings is 2. The SMILES string of the molecule is CN1CCN(C(=O)c2cn(Cc3ccccc3)c3ccccc23)CC1=O. The summed E-state index contributed by atoms with van der Waals surface area (Å²) in [7, 11) is 1.77. The van der Waals surface area contributed by atoms with Crippen LogP contribution in [0.25, 0.3) is 10.9 Å². The Labute approximate surface area is 152 Å². The Balaban J connectivity index is 1.69. The zero-order valence-electron chi connectivity index (χ0n) is 14.8. The molecule has 0 atom stereocenters. The molecular formula is C21H21N3O2. The zero-order chi connectivity index (χ0) is 18.1. The van der Waals surface area contributed by atoms with Crippen LogP contribution in [0.15, 0.2) is 60.8 Å². The minimum atomic E-state index is -0.0746. The lowest BCUT2D eigenvalue weighted by Crippen LogP contribution is -2.50. The van der Waals surface area contributed by atoms with Gasteiger partial charge in [0.15, 0.2) is 0 Å². The van der Waals surface area contributed by atoms with E-state index in [4.69, 9.17) is 0 Å². The first-order chi connectivity index (χ1) is 12.6. The van der Waals surface area contributed by atoms with E-state index in [-0.39, 0.29) is 18.4 Å². The summed E-state index contributed by atoms with van der Waals surface area (Å²) in [6, 6.07) is 18.1. The molecular weight excluding hydrogens is 326 g/mol. The smallest absolute Gasteiger partial charge is 0.256 e. The summed E-state index contributed by atoms with van der Waals surface area (Å²) in [5, 5.41) is 0.930. The summed E-state index contributed by atoms with van der Waals surface area (Å²) >= 11 is 0. The number of likely N-dealkylation sites (N-methyl/N-ethyl adjacent to an activating group) is 1. The molecule has 5 heteroatoms. The van der Waals surface area contributed by atoms with Crippen LogP contribution in [-0.4, -0.2) is 52.9 Å². The molecule has 5 nitrogen and oxygen atoms in total. The lowest BCUT2D eigenvalue weighted by Gasteiger charge is -2.31. The molecule has 1 aliphatic rings. The molecule has 0 radical (unpaired) electrons. The van der Waals surface area contributed by atoms with E-state index in [1.807, 2.05) is 48.7 Å². The second-order valence-electron chi connectivity index (χ2n) is 6.72. The van der Waals surface area contributed by atoms with Crippen LogP contribution in [0.4, 0.5) is 0 Å². The van der Waals surface area contributed by atoms with Gasteiger partial charge in [0.2, 0.25) is 5.91 Å². The molecule has 2 aromatic carbocycles. The number of piperazine rings is 1. The van der Waals surface area contributed by atoms with Gasteiger partial charge in [0, 0.05) is 43.8 Å². The Kier molecular flexibility index (Phi) is 4.21. The fraction of sp³-hybridized carbons (Fsp3) is 0.238. The Morgan fingerprint density at radius 3 is 2.50 bits per heavy atom. The van der Waals surface area contributed by atoms with Gasteiger partial charge in [0.25, 0.3) is 5.91 Å². The highest BCUT2D eigenvalue weighted by atomic mass is 16.2. The second kappa shape index (κ2) is 6.67. The maximum Gasteiger partial charge on any atom is 0.256 e. The maximum absolute atomic E-state index is 13.1. The number of carbonyl (C=O) groups excluding carboxylic acids is 2. The van der Waals surface area contributed by atoms with Gasteiger partial charge >= 0.3 is 0 Å². The predicted molar refractivity (Wildman–Crippen MR) is 101 cm³/mol. The van der Waals surface area contributed by atoms with Crippen molar-refractivity contribution in [1.29, 1.82) is 0 Å². The zero-order valence-corrected chi connectivity index (χ0v) is 14.8. The van der Waals surface area contributed by atoms with Crippen molar-refractivity contribution >= 4 is 22.7 Å². The summed E-state index contributed by atoms with van der Waals surface area (Å²) in [5.74, 6) is -0.0907. The fourth-order valence-electron chi connectivity index (χ4n) is 3.43. The minimum Gasteiger partial charge on any atom is -0.342 e. The van der Waals surface area contributed by atoms with Gasteiger partial charge in [0.05, 0.1) is 5.56 Å². The largest absolute Gasteiger partial charge is 0.342 e. The highest BCUT2D eigenvalue weighted by Gasteiger charge is 2.27. The number of carbonyl (C=O) groups is 2. The maximum atomic E-state index is 13.1. The Morgan fingerprint density at radius 1 is 1.00 bits per heavy atom. The first-order valence-electron chi connectivity index (χ1n) is 8.78. The third-order valence-electron chi connectivity index (χ3n) is 4.96. The molecule has 0 aliphatic carbocycles. The fourth-order valence-corrected chi connectivity index (χ4v) is 3.43. The molecule has 1 aromatic heterocycles. The molecule has 0 N–H and O–H groups in total. The highest BCUT2D eigenvalue weighted by molar-refractivity contribution is 6.08. The quantitative estimate of drug-likeness (QED) is 0.731. The van der Waals surface area contributed by atoms with Crippen molar-refractivity contribution in [3.05, 3.63) is 71.9 Å².